The molecule has 1 atom stereocenters. The predicted octanol–water partition coefficient (Wildman–Crippen LogP) is 3.46. The van der Waals surface area contributed by atoms with Crippen LogP contribution in [0, 0.1) is 0 Å². The number of benzene rings is 1. The van der Waals surface area contributed by atoms with E-state index in [0.717, 1.165) is 24.4 Å². The van der Waals surface area contributed by atoms with E-state index in [1.807, 2.05) is 29.9 Å². The van der Waals surface area contributed by atoms with Gasteiger partial charge in [-0.05, 0) is 17.7 Å². The Labute approximate surface area is 128 Å². The van der Waals surface area contributed by atoms with Crippen LogP contribution in [0.3, 0.4) is 0 Å². The van der Waals surface area contributed by atoms with Gasteiger partial charge in [-0.15, -0.1) is 11.3 Å². The second-order valence-corrected chi connectivity index (χ2v) is 5.50. The Bertz CT molecular complexity index is 599. The number of nitrogens with one attached hydrogen (secondary N) is 1. The summed E-state index contributed by atoms with van der Waals surface area (Å²) in [7, 11) is 0. The van der Waals surface area contributed by atoms with Crippen molar-refractivity contribution in [2.75, 3.05) is 6.54 Å². The van der Waals surface area contributed by atoms with Gasteiger partial charge in [-0.2, -0.15) is 0 Å². The molecule has 2 aromatic heterocycles. The van der Waals surface area contributed by atoms with E-state index in [1.54, 1.807) is 11.3 Å². The lowest BCUT2D eigenvalue weighted by atomic mass is 10.0. The lowest BCUT2D eigenvalue weighted by Gasteiger charge is -2.18. The molecule has 21 heavy (non-hydrogen) atoms. The largest absolute Gasteiger partial charge is 0.305 e. The molecule has 2 heterocycles. The highest BCUT2D eigenvalue weighted by Crippen LogP contribution is 2.19. The molecule has 3 aromatic rings. The molecule has 4 heteroatoms. The zero-order valence-electron chi connectivity index (χ0n) is 11.6. The van der Waals surface area contributed by atoms with Crippen molar-refractivity contribution in [1.82, 2.24) is 15.3 Å². The fraction of sp³-hybridized carbons (Fsp3) is 0.176. The molecular weight excluding hydrogens is 278 g/mol. The Morgan fingerprint density at radius 1 is 1.00 bits per heavy atom. The van der Waals surface area contributed by atoms with Crippen LogP contribution < -0.4 is 5.32 Å². The third kappa shape index (κ3) is 3.74. The summed E-state index contributed by atoms with van der Waals surface area (Å²) in [5, 5.41) is 5.69. The zero-order valence-corrected chi connectivity index (χ0v) is 12.5. The van der Waals surface area contributed by atoms with Crippen LogP contribution >= 0.6 is 11.3 Å². The van der Waals surface area contributed by atoms with Gasteiger partial charge in [-0.25, -0.2) is 4.98 Å². The molecule has 0 fully saturated rings. The molecular formula is C17H17N3S. The standard InChI is InChI=1S/C17H17N3S/c1-2-6-14(7-3-1)17(16-8-4-5-10-18-16)19-11-9-15-12-21-13-20-15/h1-8,10,12-13,17,19H,9,11H2. The van der Waals surface area contributed by atoms with Gasteiger partial charge in [-0.3, -0.25) is 4.98 Å². The molecule has 1 N–H and O–H groups in total. The first kappa shape index (κ1) is 13.9. The molecule has 1 aromatic carbocycles. The Balaban J connectivity index is 1.73. The Hall–Kier alpha value is -2.04. The second kappa shape index (κ2) is 7.11. The summed E-state index contributed by atoms with van der Waals surface area (Å²) in [5.41, 5.74) is 5.29. The van der Waals surface area contributed by atoms with Gasteiger partial charge in [0.25, 0.3) is 0 Å². The van der Waals surface area contributed by atoms with Crippen LogP contribution in [-0.4, -0.2) is 16.5 Å². The number of thiazole rings is 1. The van der Waals surface area contributed by atoms with E-state index in [1.165, 1.54) is 5.56 Å². The summed E-state index contributed by atoms with van der Waals surface area (Å²) < 4.78 is 0. The predicted molar refractivity (Wildman–Crippen MR) is 86.3 cm³/mol. The number of aromatic nitrogens is 2. The molecule has 106 valence electrons. The van der Waals surface area contributed by atoms with Gasteiger partial charge in [0, 0.05) is 24.5 Å². The summed E-state index contributed by atoms with van der Waals surface area (Å²) >= 11 is 1.64. The number of hydrogen-bond donors (Lipinski definition) is 1. The fourth-order valence-corrected chi connectivity index (χ4v) is 2.88. The maximum atomic E-state index is 4.50. The quantitative estimate of drug-likeness (QED) is 0.757. The highest BCUT2D eigenvalue weighted by molar-refractivity contribution is 7.07. The van der Waals surface area contributed by atoms with Crippen LogP contribution in [0.25, 0.3) is 0 Å². The average molecular weight is 295 g/mol. The van der Waals surface area contributed by atoms with Gasteiger partial charge >= 0.3 is 0 Å². The van der Waals surface area contributed by atoms with Crippen LogP contribution in [0.1, 0.15) is 23.0 Å². The lowest BCUT2D eigenvalue weighted by Crippen LogP contribution is -2.25. The Morgan fingerprint density at radius 2 is 1.86 bits per heavy atom. The van der Waals surface area contributed by atoms with E-state index in [4.69, 9.17) is 0 Å². The summed E-state index contributed by atoms with van der Waals surface area (Å²) in [6.45, 7) is 0.875. The number of pyridine rings is 1. The molecule has 0 saturated carbocycles. The van der Waals surface area contributed by atoms with E-state index in [9.17, 15) is 0 Å². The molecule has 0 radical (unpaired) electrons. The summed E-state index contributed by atoms with van der Waals surface area (Å²) in [6, 6.07) is 16.6. The molecule has 1 unspecified atom stereocenters. The van der Waals surface area contributed by atoms with E-state index >= 15 is 0 Å². The minimum absolute atomic E-state index is 0.117. The van der Waals surface area contributed by atoms with E-state index < -0.39 is 0 Å². The van der Waals surface area contributed by atoms with Crippen LogP contribution in [0.5, 0.6) is 0 Å². The van der Waals surface area contributed by atoms with Crippen molar-refractivity contribution in [1.29, 1.82) is 0 Å². The van der Waals surface area contributed by atoms with Crippen molar-refractivity contribution >= 4 is 11.3 Å². The fourth-order valence-electron chi connectivity index (χ4n) is 2.29. The lowest BCUT2D eigenvalue weighted by molar-refractivity contribution is 0.590. The topological polar surface area (TPSA) is 37.8 Å². The third-order valence-corrected chi connectivity index (χ3v) is 3.96. The van der Waals surface area contributed by atoms with Gasteiger partial charge in [0.2, 0.25) is 0 Å². The van der Waals surface area contributed by atoms with Gasteiger partial charge in [0.1, 0.15) is 0 Å². The molecule has 0 aliphatic carbocycles. The van der Waals surface area contributed by atoms with Crippen molar-refractivity contribution in [2.24, 2.45) is 0 Å². The van der Waals surface area contributed by atoms with Crippen molar-refractivity contribution in [2.45, 2.75) is 12.5 Å². The van der Waals surface area contributed by atoms with Gasteiger partial charge in [0.15, 0.2) is 0 Å². The third-order valence-electron chi connectivity index (χ3n) is 3.33. The monoisotopic (exact) mass is 295 g/mol. The zero-order chi connectivity index (χ0) is 14.3. The second-order valence-electron chi connectivity index (χ2n) is 4.78. The highest BCUT2D eigenvalue weighted by atomic mass is 32.1. The minimum Gasteiger partial charge on any atom is -0.305 e. The first-order valence-electron chi connectivity index (χ1n) is 7.00. The number of hydrogen-bond acceptors (Lipinski definition) is 4. The van der Waals surface area contributed by atoms with Crippen molar-refractivity contribution < 1.29 is 0 Å². The van der Waals surface area contributed by atoms with Crippen molar-refractivity contribution in [3.05, 3.63) is 82.6 Å². The van der Waals surface area contributed by atoms with Crippen LogP contribution in [0.4, 0.5) is 0 Å². The summed E-state index contributed by atoms with van der Waals surface area (Å²) in [5.74, 6) is 0. The maximum Gasteiger partial charge on any atom is 0.0794 e. The minimum atomic E-state index is 0.117. The molecule has 0 spiro atoms. The highest BCUT2D eigenvalue weighted by Gasteiger charge is 2.14. The van der Waals surface area contributed by atoms with Gasteiger partial charge in [-0.1, -0.05) is 36.4 Å². The first-order chi connectivity index (χ1) is 10.4. The van der Waals surface area contributed by atoms with Crippen LogP contribution in [-0.2, 0) is 6.42 Å². The summed E-state index contributed by atoms with van der Waals surface area (Å²) in [4.78, 5) is 8.82. The number of nitrogens with zero attached hydrogens (tertiary/aromatic N) is 2. The van der Waals surface area contributed by atoms with Gasteiger partial charge < -0.3 is 5.32 Å². The Kier molecular flexibility index (Phi) is 4.71. The summed E-state index contributed by atoms with van der Waals surface area (Å²) in [6.07, 6.45) is 2.77. The van der Waals surface area contributed by atoms with E-state index in [0.29, 0.717) is 0 Å². The van der Waals surface area contributed by atoms with Crippen molar-refractivity contribution in [3.63, 3.8) is 0 Å². The molecule has 0 saturated heterocycles. The molecule has 0 aliphatic heterocycles. The van der Waals surface area contributed by atoms with E-state index in [2.05, 4.69) is 51.0 Å². The maximum absolute atomic E-state index is 4.50. The SMILES string of the molecule is c1ccc(C(NCCc2cscn2)c2ccccn2)cc1. The normalized spacial score (nSPS) is 12.2. The average Bonchev–Trinajstić information content (AvgIpc) is 3.07. The molecule has 0 bridgehead atoms. The Morgan fingerprint density at radius 3 is 2.57 bits per heavy atom. The number of rotatable bonds is 6. The van der Waals surface area contributed by atoms with Crippen LogP contribution in [0.2, 0.25) is 0 Å². The van der Waals surface area contributed by atoms with Crippen molar-refractivity contribution in [3.8, 4) is 0 Å². The van der Waals surface area contributed by atoms with Crippen LogP contribution in [0.15, 0.2) is 65.6 Å². The molecule has 0 amide bonds. The molecule has 3 nitrogen and oxygen atoms in total. The molecule has 0 aliphatic rings. The van der Waals surface area contributed by atoms with E-state index in [-0.39, 0.29) is 6.04 Å². The first-order valence-corrected chi connectivity index (χ1v) is 7.94. The molecule has 3 rings (SSSR count). The van der Waals surface area contributed by atoms with Gasteiger partial charge in [0.05, 0.1) is 22.9 Å². The smallest absolute Gasteiger partial charge is 0.0794 e.